The second-order valence-corrected chi connectivity index (χ2v) is 7.58. The number of benzene rings is 1. The number of hydrogen-bond acceptors (Lipinski definition) is 4. The number of nitrogens with one attached hydrogen (secondary N) is 1. The highest BCUT2D eigenvalue weighted by Crippen LogP contribution is 2.29. The first kappa shape index (κ1) is 16.3. The van der Waals surface area contributed by atoms with E-state index >= 15 is 0 Å². The Morgan fingerprint density at radius 3 is 3.09 bits per heavy atom. The van der Waals surface area contributed by atoms with E-state index in [0.29, 0.717) is 21.6 Å². The van der Waals surface area contributed by atoms with Crippen molar-refractivity contribution in [2.75, 3.05) is 11.5 Å². The van der Waals surface area contributed by atoms with Gasteiger partial charge in [-0.2, -0.15) is 0 Å². The van der Waals surface area contributed by atoms with E-state index in [9.17, 15) is 4.79 Å². The minimum Gasteiger partial charge on any atom is -0.481 e. The number of carbonyl (C=O) groups is 1. The molecule has 1 unspecified atom stereocenters. The topological polar surface area (TPSA) is 66.0 Å². The van der Waals surface area contributed by atoms with Crippen molar-refractivity contribution in [3.05, 3.63) is 33.7 Å². The number of aliphatic carboxylic acids is 1. The maximum absolute atomic E-state index is 10.6. The van der Waals surface area contributed by atoms with Gasteiger partial charge in [0.05, 0.1) is 26.7 Å². The fraction of sp³-hybridized carbons (Fsp3) is 0.250. The van der Waals surface area contributed by atoms with Crippen LogP contribution in [0.15, 0.2) is 28.3 Å². The number of rotatable bonds is 3. The van der Waals surface area contributed by atoms with Crippen molar-refractivity contribution in [3.63, 3.8) is 0 Å². The zero-order valence-corrected chi connectivity index (χ0v) is 14.6. The van der Waals surface area contributed by atoms with Gasteiger partial charge >= 0.3 is 5.97 Å². The number of carboxylic acids is 1. The third-order valence-electron chi connectivity index (χ3n) is 3.14. The van der Waals surface area contributed by atoms with Gasteiger partial charge in [-0.05, 0) is 18.1 Å². The summed E-state index contributed by atoms with van der Waals surface area (Å²) in [5.74, 6) is 6.97. The summed E-state index contributed by atoms with van der Waals surface area (Å²) in [6.07, 6.45) is 2.17. The van der Waals surface area contributed by atoms with Crippen LogP contribution in [0, 0.1) is 17.8 Å². The molecule has 0 radical (unpaired) electrons. The first-order valence-corrected chi connectivity index (χ1v) is 9.26. The van der Waals surface area contributed by atoms with Gasteiger partial charge in [0.1, 0.15) is 0 Å². The first-order chi connectivity index (χ1) is 11.0. The summed E-state index contributed by atoms with van der Waals surface area (Å²) in [6, 6.07) is 3.60. The number of carboxylic acid groups (broad SMARTS) is 1. The van der Waals surface area contributed by atoms with Gasteiger partial charge in [0.15, 0.2) is 5.16 Å². The number of hydrogen-bond donors (Lipinski definition) is 2. The number of imidazole rings is 1. The van der Waals surface area contributed by atoms with Gasteiger partial charge in [0, 0.05) is 11.3 Å². The van der Waals surface area contributed by atoms with Crippen molar-refractivity contribution in [2.24, 2.45) is 5.92 Å². The zero-order chi connectivity index (χ0) is 16.4. The summed E-state index contributed by atoms with van der Waals surface area (Å²) in [5.41, 5.74) is 2.24. The molecular formula is C16H13ClN2O2S2. The van der Waals surface area contributed by atoms with Crippen molar-refractivity contribution < 1.29 is 9.90 Å². The molecule has 0 fully saturated rings. The Morgan fingerprint density at radius 2 is 2.39 bits per heavy atom. The number of H-pyrrole nitrogens is 1. The van der Waals surface area contributed by atoms with Crippen LogP contribution in [0.1, 0.15) is 12.5 Å². The van der Waals surface area contributed by atoms with E-state index in [1.54, 1.807) is 17.8 Å². The lowest BCUT2D eigenvalue weighted by atomic mass is 10.2. The summed E-state index contributed by atoms with van der Waals surface area (Å²) < 4.78 is 0. The number of aromatic nitrogens is 2. The fourth-order valence-corrected chi connectivity index (χ4v) is 3.89. The molecule has 2 heterocycles. The summed E-state index contributed by atoms with van der Waals surface area (Å²) in [5, 5.41) is 9.83. The Bertz CT molecular complexity index is 864. The first-order valence-electron chi connectivity index (χ1n) is 6.92. The second kappa shape index (κ2) is 6.91. The van der Waals surface area contributed by atoms with Crippen molar-refractivity contribution in [1.82, 2.24) is 9.97 Å². The average molecular weight is 365 g/mol. The third kappa shape index (κ3) is 4.05. The number of nitrogens with zero attached hydrogens (tertiary/aromatic N) is 1. The van der Waals surface area contributed by atoms with Crippen LogP contribution < -0.4 is 0 Å². The maximum atomic E-state index is 10.6. The lowest BCUT2D eigenvalue weighted by Gasteiger charge is -1.95. The van der Waals surface area contributed by atoms with Crippen LogP contribution in [0.5, 0.6) is 0 Å². The van der Waals surface area contributed by atoms with Crippen molar-refractivity contribution >= 4 is 52.1 Å². The molecule has 1 aliphatic heterocycles. The van der Waals surface area contributed by atoms with Gasteiger partial charge in [-0.3, -0.25) is 4.79 Å². The smallest absolute Gasteiger partial charge is 0.313 e. The molecule has 0 bridgehead atoms. The molecule has 2 N–H and O–H groups in total. The van der Waals surface area contributed by atoms with Crippen molar-refractivity contribution in [1.29, 1.82) is 0 Å². The molecule has 1 aromatic carbocycles. The van der Waals surface area contributed by atoms with E-state index in [-0.39, 0.29) is 5.75 Å². The van der Waals surface area contributed by atoms with Crippen molar-refractivity contribution in [3.8, 4) is 11.8 Å². The lowest BCUT2D eigenvalue weighted by molar-refractivity contribution is -0.133. The molecule has 0 saturated heterocycles. The molecule has 23 heavy (non-hydrogen) atoms. The van der Waals surface area contributed by atoms with Gasteiger partial charge < -0.3 is 10.1 Å². The molecule has 2 aromatic rings. The van der Waals surface area contributed by atoms with E-state index in [4.69, 9.17) is 16.7 Å². The number of halogens is 1. The maximum Gasteiger partial charge on any atom is 0.313 e. The molecule has 0 amide bonds. The molecule has 7 heteroatoms. The van der Waals surface area contributed by atoms with Crippen LogP contribution >= 0.6 is 35.1 Å². The number of thioether (sulfide) groups is 2. The van der Waals surface area contributed by atoms with Crippen LogP contribution in [0.25, 0.3) is 11.0 Å². The molecule has 1 atom stereocenters. The number of allylic oxidation sites excluding steroid dienone is 2. The van der Waals surface area contributed by atoms with E-state index in [2.05, 4.69) is 34.8 Å². The Balaban J connectivity index is 1.87. The standard InChI is InChI=1S/C16H13ClN2O2S2/c1-9-4-11(22-7-9)3-2-10-5-13-14(6-12(10)17)19-16(18-13)23-8-15(20)21/h4-6,9H,7-8H2,1H3,(H,18,19)(H,20,21). The van der Waals surface area contributed by atoms with E-state index in [1.165, 1.54) is 0 Å². The van der Waals surface area contributed by atoms with Crippen LogP contribution in [-0.4, -0.2) is 32.5 Å². The Hall–Kier alpha value is -1.55. The lowest BCUT2D eigenvalue weighted by Crippen LogP contribution is -1.97. The highest BCUT2D eigenvalue weighted by atomic mass is 35.5. The van der Waals surface area contributed by atoms with Crippen molar-refractivity contribution in [2.45, 2.75) is 12.1 Å². The SMILES string of the molecule is CC1C=C(C#Cc2cc3[nH]c(SCC(=O)O)nc3cc2Cl)SC1. The van der Waals surface area contributed by atoms with Gasteiger partial charge in [-0.1, -0.05) is 48.2 Å². The average Bonchev–Trinajstić information content (AvgIpc) is 3.08. The highest BCUT2D eigenvalue weighted by molar-refractivity contribution is 8.03. The summed E-state index contributed by atoms with van der Waals surface area (Å²) in [4.78, 5) is 19.1. The normalized spacial score (nSPS) is 17.0. The third-order valence-corrected chi connectivity index (χ3v) is 5.55. The van der Waals surface area contributed by atoms with Crippen LogP contribution in [0.3, 0.4) is 0 Å². The second-order valence-electron chi connectivity index (χ2n) is 5.14. The van der Waals surface area contributed by atoms with Gasteiger partial charge in [-0.15, -0.1) is 11.8 Å². The fourth-order valence-electron chi connectivity index (χ4n) is 2.08. The van der Waals surface area contributed by atoms with Gasteiger partial charge in [0.2, 0.25) is 0 Å². The molecule has 1 aliphatic rings. The Morgan fingerprint density at radius 1 is 1.57 bits per heavy atom. The molecule has 118 valence electrons. The molecular weight excluding hydrogens is 352 g/mol. The van der Waals surface area contributed by atoms with Crippen LogP contribution in [0.2, 0.25) is 5.02 Å². The summed E-state index contributed by atoms with van der Waals surface area (Å²) in [6.45, 7) is 2.17. The predicted molar refractivity (Wildman–Crippen MR) is 96.0 cm³/mol. The number of fused-ring (bicyclic) bond motifs is 1. The Labute approximate surface area is 147 Å². The monoisotopic (exact) mass is 364 g/mol. The Kier molecular flexibility index (Phi) is 4.90. The van der Waals surface area contributed by atoms with Crippen LogP contribution in [-0.2, 0) is 4.79 Å². The zero-order valence-electron chi connectivity index (χ0n) is 12.2. The predicted octanol–water partition coefficient (Wildman–Crippen LogP) is 4.01. The van der Waals surface area contributed by atoms with E-state index in [1.807, 2.05) is 6.07 Å². The molecule has 3 rings (SSSR count). The minimum atomic E-state index is -0.878. The molecule has 0 spiro atoms. The van der Waals surface area contributed by atoms with E-state index < -0.39 is 5.97 Å². The number of aromatic amines is 1. The summed E-state index contributed by atoms with van der Waals surface area (Å²) in [7, 11) is 0. The van der Waals surface area contributed by atoms with Gasteiger partial charge in [-0.25, -0.2) is 4.98 Å². The summed E-state index contributed by atoms with van der Waals surface area (Å²) >= 11 is 9.17. The van der Waals surface area contributed by atoms with E-state index in [0.717, 1.165) is 33.5 Å². The highest BCUT2D eigenvalue weighted by Gasteiger charge is 2.11. The van der Waals surface area contributed by atoms with Crippen LogP contribution in [0.4, 0.5) is 0 Å². The van der Waals surface area contributed by atoms with Gasteiger partial charge in [0.25, 0.3) is 0 Å². The molecule has 1 aromatic heterocycles. The quantitative estimate of drug-likeness (QED) is 0.636. The molecule has 4 nitrogen and oxygen atoms in total. The largest absolute Gasteiger partial charge is 0.481 e. The molecule has 0 saturated carbocycles. The molecule has 0 aliphatic carbocycles. The minimum absolute atomic E-state index is 0.0379.